The number of anilines is 1. The van der Waals surface area contributed by atoms with Crippen molar-refractivity contribution < 1.29 is 13.2 Å². The fourth-order valence-corrected chi connectivity index (χ4v) is 5.59. The maximum Gasteiger partial charge on any atom is 0.266 e. The van der Waals surface area contributed by atoms with Crippen LogP contribution in [-0.4, -0.2) is 43.8 Å². The van der Waals surface area contributed by atoms with E-state index in [2.05, 4.69) is 29.2 Å². The van der Waals surface area contributed by atoms with Crippen LogP contribution in [0.3, 0.4) is 0 Å². The molecule has 172 valence electrons. The van der Waals surface area contributed by atoms with Gasteiger partial charge in [0.2, 0.25) is 5.91 Å². The molecule has 1 aliphatic rings. The van der Waals surface area contributed by atoms with Crippen molar-refractivity contribution in [3.63, 3.8) is 0 Å². The lowest BCUT2D eigenvalue weighted by molar-refractivity contribution is -0.130. The van der Waals surface area contributed by atoms with Gasteiger partial charge in [0.15, 0.2) is 0 Å². The van der Waals surface area contributed by atoms with Crippen LogP contribution in [0.5, 0.6) is 0 Å². The summed E-state index contributed by atoms with van der Waals surface area (Å²) in [5.74, 6) is 0.352. The Morgan fingerprint density at radius 2 is 1.70 bits per heavy atom. The number of pyridine rings is 1. The number of sulfonamides is 1. The Labute approximate surface area is 195 Å². The van der Waals surface area contributed by atoms with Crippen molar-refractivity contribution in [1.29, 1.82) is 0 Å². The highest BCUT2D eigenvalue weighted by Gasteiger charge is 2.30. The van der Waals surface area contributed by atoms with Crippen LogP contribution < -0.4 is 4.31 Å². The molecule has 1 fully saturated rings. The number of hydrogen-bond donors (Lipinski definition) is 0. The van der Waals surface area contributed by atoms with E-state index in [4.69, 9.17) is 0 Å². The standard InChI is InChI=1S/C26H29N3O3S/c1-21-9-11-24(12-10-21)29(33(31,32)25-8-5-15-27-19-25)20-26(30)28-16-13-23(14-17-28)18-22-6-3-2-4-7-22/h2-12,15,19,23H,13-14,16-18,20H2,1H3. The minimum Gasteiger partial charge on any atom is -0.341 e. The van der Waals surface area contributed by atoms with Gasteiger partial charge < -0.3 is 4.90 Å². The average Bonchev–Trinajstić information content (AvgIpc) is 2.85. The Kier molecular flexibility index (Phi) is 7.08. The lowest BCUT2D eigenvalue weighted by atomic mass is 9.90. The third-order valence-electron chi connectivity index (χ3n) is 6.16. The summed E-state index contributed by atoms with van der Waals surface area (Å²) in [5.41, 5.74) is 2.80. The quantitative estimate of drug-likeness (QED) is 0.530. The van der Waals surface area contributed by atoms with Crippen molar-refractivity contribution in [3.8, 4) is 0 Å². The van der Waals surface area contributed by atoms with Gasteiger partial charge in [0.05, 0.1) is 5.69 Å². The Bertz CT molecular complexity index is 1160. The molecule has 33 heavy (non-hydrogen) atoms. The lowest BCUT2D eigenvalue weighted by Crippen LogP contribution is -2.46. The number of amides is 1. The Morgan fingerprint density at radius 3 is 2.33 bits per heavy atom. The summed E-state index contributed by atoms with van der Waals surface area (Å²) in [4.78, 5) is 19.0. The van der Waals surface area contributed by atoms with Gasteiger partial charge in [0, 0.05) is 25.5 Å². The molecule has 1 amide bonds. The molecular formula is C26H29N3O3S. The number of likely N-dealkylation sites (tertiary alicyclic amines) is 1. The van der Waals surface area contributed by atoms with Crippen LogP contribution in [0.25, 0.3) is 0 Å². The molecule has 1 aliphatic heterocycles. The predicted octanol–water partition coefficient (Wildman–Crippen LogP) is 4.07. The van der Waals surface area contributed by atoms with E-state index in [1.807, 2.05) is 25.1 Å². The summed E-state index contributed by atoms with van der Waals surface area (Å²) in [6.07, 6.45) is 5.69. The molecule has 3 aromatic rings. The molecule has 1 aromatic heterocycles. The van der Waals surface area contributed by atoms with E-state index >= 15 is 0 Å². The van der Waals surface area contributed by atoms with Gasteiger partial charge in [-0.2, -0.15) is 0 Å². The van der Waals surface area contributed by atoms with Crippen molar-refractivity contribution in [2.75, 3.05) is 23.9 Å². The highest BCUT2D eigenvalue weighted by atomic mass is 32.2. The van der Waals surface area contributed by atoms with Gasteiger partial charge in [-0.15, -0.1) is 0 Å². The van der Waals surface area contributed by atoms with Crippen LogP contribution in [0.1, 0.15) is 24.0 Å². The van der Waals surface area contributed by atoms with E-state index in [1.54, 1.807) is 23.1 Å². The first-order valence-electron chi connectivity index (χ1n) is 11.2. The van der Waals surface area contributed by atoms with Crippen LogP contribution in [0, 0.1) is 12.8 Å². The first-order chi connectivity index (χ1) is 15.9. The van der Waals surface area contributed by atoms with E-state index in [1.165, 1.54) is 28.3 Å². The number of nitrogens with zero attached hydrogens (tertiary/aromatic N) is 3. The normalized spacial score (nSPS) is 14.8. The second-order valence-corrected chi connectivity index (χ2v) is 10.4. The lowest BCUT2D eigenvalue weighted by Gasteiger charge is -2.34. The maximum absolute atomic E-state index is 13.4. The molecule has 1 saturated heterocycles. The van der Waals surface area contributed by atoms with Crippen molar-refractivity contribution in [1.82, 2.24) is 9.88 Å². The highest BCUT2D eigenvalue weighted by Crippen LogP contribution is 2.26. The summed E-state index contributed by atoms with van der Waals surface area (Å²) in [7, 11) is -3.93. The molecule has 0 unspecified atom stereocenters. The zero-order valence-corrected chi connectivity index (χ0v) is 19.6. The zero-order chi connectivity index (χ0) is 23.3. The number of carbonyl (C=O) groups excluding carboxylic acids is 1. The molecular weight excluding hydrogens is 434 g/mol. The molecule has 0 N–H and O–H groups in total. The third-order valence-corrected chi connectivity index (χ3v) is 7.92. The highest BCUT2D eigenvalue weighted by molar-refractivity contribution is 7.92. The number of carbonyl (C=O) groups is 1. The van der Waals surface area contributed by atoms with E-state index in [9.17, 15) is 13.2 Å². The van der Waals surface area contributed by atoms with Crippen LogP contribution >= 0.6 is 0 Å². The number of benzene rings is 2. The van der Waals surface area contributed by atoms with Gasteiger partial charge >= 0.3 is 0 Å². The SMILES string of the molecule is Cc1ccc(N(CC(=O)N2CCC(Cc3ccccc3)CC2)S(=O)(=O)c2cccnc2)cc1. The number of aromatic nitrogens is 1. The maximum atomic E-state index is 13.4. The molecule has 4 rings (SSSR count). The topological polar surface area (TPSA) is 70.6 Å². The predicted molar refractivity (Wildman–Crippen MR) is 129 cm³/mol. The van der Waals surface area contributed by atoms with Crippen LogP contribution in [-0.2, 0) is 21.2 Å². The van der Waals surface area contributed by atoms with Crippen LogP contribution in [0.4, 0.5) is 5.69 Å². The Balaban J connectivity index is 1.47. The summed E-state index contributed by atoms with van der Waals surface area (Å²) < 4.78 is 28.0. The minimum atomic E-state index is -3.93. The van der Waals surface area contributed by atoms with Crippen LogP contribution in [0.2, 0.25) is 0 Å². The molecule has 7 heteroatoms. The first kappa shape index (κ1) is 23.0. The molecule has 0 aliphatic carbocycles. The number of piperidine rings is 1. The number of hydrogen-bond acceptors (Lipinski definition) is 4. The van der Waals surface area contributed by atoms with Gasteiger partial charge in [-0.25, -0.2) is 8.42 Å². The average molecular weight is 464 g/mol. The second-order valence-electron chi connectivity index (χ2n) is 8.55. The van der Waals surface area contributed by atoms with Gasteiger partial charge in [-0.1, -0.05) is 48.0 Å². The molecule has 2 aromatic carbocycles. The van der Waals surface area contributed by atoms with Crippen molar-refractivity contribution in [3.05, 3.63) is 90.3 Å². The minimum absolute atomic E-state index is 0.0694. The van der Waals surface area contributed by atoms with Crippen molar-refractivity contribution in [2.45, 2.75) is 31.1 Å². The molecule has 0 saturated carbocycles. The van der Waals surface area contributed by atoms with Gasteiger partial charge in [0.1, 0.15) is 11.4 Å². The van der Waals surface area contributed by atoms with Crippen molar-refractivity contribution in [2.24, 2.45) is 5.92 Å². The monoisotopic (exact) mass is 463 g/mol. The van der Waals surface area contributed by atoms with Crippen molar-refractivity contribution >= 4 is 21.6 Å². The molecule has 6 nitrogen and oxygen atoms in total. The molecule has 0 bridgehead atoms. The fraction of sp³-hybridized carbons (Fsp3) is 0.308. The summed E-state index contributed by atoms with van der Waals surface area (Å²) >= 11 is 0. The van der Waals surface area contributed by atoms with E-state index in [-0.39, 0.29) is 17.3 Å². The van der Waals surface area contributed by atoms with Gasteiger partial charge in [0.25, 0.3) is 10.0 Å². The molecule has 0 radical (unpaired) electrons. The largest absolute Gasteiger partial charge is 0.341 e. The molecule has 0 spiro atoms. The summed E-state index contributed by atoms with van der Waals surface area (Å²) in [5, 5.41) is 0. The number of rotatable bonds is 7. The second kappa shape index (κ2) is 10.2. The van der Waals surface area contributed by atoms with E-state index in [0.29, 0.717) is 24.7 Å². The molecule has 2 heterocycles. The summed E-state index contributed by atoms with van der Waals surface area (Å²) in [6, 6.07) is 20.7. The Morgan fingerprint density at radius 1 is 1.00 bits per heavy atom. The summed E-state index contributed by atoms with van der Waals surface area (Å²) in [6.45, 7) is 2.99. The first-order valence-corrected chi connectivity index (χ1v) is 12.7. The zero-order valence-electron chi connectivity index (χ0n) is 18.8. The third kappa shape index (κ3) is 5.60. The molecule has 0 atom stereocenters. The van der Waals surface area contributed by atoms with Gasteiger partial charge in [-0.3, -0.25) is 14.1 Å². The fourth-order valence-electron chi connectivity index (χ4n) is 4.21. The van der Waals surface area contributed by atoms with Crippen LogP contribution in [0.15, 0.2) is 84.0 Å². The smallest absolute Gasteiger partial charge is 0.266 e. The van der Waals surface area contributed by atoms with Gasteiger partial charge in [-0.05, 0) is 61.9 Å². The van der Waals surface area contributed by atoms with E-state index < -0.39 is 10.0 Å². The Hall–Kier alpha value is -3.19. The van der Waals surface area contributed by atoms with E-state index in [0.717, 1.165) is 24.8 Å². The number of aryl methyl sites for hydroxylation is 1.